The highest BCUT2D eigenvalue weighted by atomic mass is 32.1. The molecular formula is C10H11N3OS. The van der Waals surface area contributed by atoms with Gasteiger partial charge in [-0.2, -0.15) is 0 Å². The molecule has 0 saturated heterocycles. The molecule has 0 saturated carbocycles. The van der Waals surface area contributed by atoms with E-state index in [0.717, 1.165) is 34.9 Å². The van der Waals surface area contributed by atoms with Crippen molar-refractivity contribution in [1.82, 2.24) is 15.0 Å². The molecule has 1 atom stereocenters. The Morgan fingerprint density at radius 2 is 2.47 bits per heavy atom. The highest BCUT2D eigenvalue weighted by Crippen LogP contribution is 2.25. The van der Waals surface area contributed by atoms with E-state index in [1.54, 1.807) is 16.8 Å². The number of aromatic amines is 1. The van der Waals surface area contributed by atoms with Gasteiger partial charge < -0.3 is 10.1 Å². The van der Waals surface area contributed by atoms with Crippen LogP contribution in [0, 0.1) is 0 Å². The van der Waals surface area contributed by atoms with Crippen LogP contribution < -0.4 is 0 Å². The van der Waals surface area contributed by atoms with E-state index in [0.29, 0.717) is 6.42 Å². The molecule has 0 aliphatic heterocycles. The SMILES string of the molecule is OC1CCc2nc(-c3cncs3)[nH]c2C1. The molecule has 2 aromatic heterocycles. The third-order valence-electron chi connectivity index (χ3n) is 2.68. The quantitative estimate of drug-likeness (QED) is 0.764. The topological polar surface area (TPSA) is 61.8 Å². The molecule has 0 radical (unpaired) electrons. The lowest BCUT2D eigenvalue weighted by Crippen LogP contribution is -2.18. The Labute approximate surface area is 91.0 Å². The number of imidazole rings is 1. The van der Waals surface area contributed by atoms with Gasteiger partial charge in [0, 0.05) is 18.3 Å². The van der Waals surface area contributed by atoms with E-state index < -0.39 is 0 Å². The number of fused-ring (bicyclic) bond motifs is 1. The summed E-state index contributed by atoms with van der Waals surface area (Å²) in [6.45, 7) is 0. The first-order valence-corrected chi connectivity index (χ1v) is 5.85. The van der Waals surface area contributed by atoms with Gasteiger partial charge in [-0.3, -0.25) is 4.98 Å². The minimum atomic E-state index is -0.215. The number of aryl methyl sites for hydroxylation is 1. The summed E-state index contributed by atoms with van der Waals surface area (Å²) >= 11 is 1.57. The molecule has 2 aromatic rings. The van der Waals surface area contributed by atoms with E-state index in [-0.39, 0.29) is 6.10 Å². The maximum Gasteiger partial charge on any atom is 0.149 e. The highest BCUT2D eigenvalue weighted by molar-refractivity contribution is 7.13. The summed E-state index contributed by atoms with van der Waals surface area (Å²) in [5, 5.41) is 9.54. The Balaban J connectivity index is 2.00. The number of hydrogen-bond acceptors (Lipinski definition) is 4. The number of nitrogens with zero attached hydrogens (tertiary/aromatic N) is 2. The van der Waals surface area contributed by atoms with Gasteiger partial charge in [-0.05, 0) is 12.8 Å². The molecule has 0 fully saturated rings. The molecule has 1 unspecified atom stereocenters. The standard InChI is InChI=1S/C10H11N3OS/c14-6-1-2-7-8(3-6)13-10(12-7)9-4-11-5-15-9/h4-6,14H,1-3H2,(H,12,13). The van der Waals surface area contributed by atoms with Crippen LogP contribution in [0.1, 0.15) is 17.8 Å². The fraction of sp³-hybridized carbons (Fsp3) is 0.400. The van der Waals surface area contributed by atoms with Crippen LogP contribution in [0.3, 0.4) is 0 Å². The van der Waals surface area contributed by atoms with Gasteiger partial charge in [0.1, 0.15) is 5.82 Å². The third-order valence-corrected chi connectivity index (χ3v) is 3.46. The van der Waals surface area contributed by atoms with Crippen LogP contribution in [0.2, 0.25) is 0 Å². The zero-order valence-corrected chi connectivity index (χ0v) is 8.92. The second kappa shape index (κ2) is 3.43. The van der Waals surface area contributed by atoms with Crippen LogP contribution in [0.15, 0.2) is 11.7 Å². The average molecular weight is 221 g/mol. The number of H-pyrrole nitrogens is 1. The van der Waals surface area contributed by atoms with E-state index >= 15 is 0 Å². The van der Waals surface area contributed by atoms with Crippen molar-refractivity contribution in [2.24, 2.45) is 0 Å². The first kappa shape index (κ1) is 9.06. The molecule has 0 amide bonds. The van der Waals surface area contributed by atoms with Gasteiger partial charge in [0.15, 0.2) is 0 Å². The zero-order chi connectivity index (χ0) is 10.3. The Morgan fingerprint density at radius 3 is 3.27 bits per heavy atom. The lowest BCUT2D eigenvalue weighted by atomic mass is 9.99. The Morgan fingerprint density at radius 1 is 1.53 bits per heavy atom. The van der Waals surface area contributed by atoms with Crippen molar-refractivity contribution in [3.63, 3.8) is 0 Å². The normalized spacial score (nSPS) is 20.2. The number of rotatable bonds is 1. The number of aliphatic hydroxyl groups excluding tert-OH is 1. The average Bonchev–Trinajstić information content (AvgIpc) is 2.84. The molecular weight excluding hydrogens is 210 g/mol. The largest absolute Gasteiger partial charge is 0.393 e. The van der Waals surface area contributed by atoms with Gasteiger partial charge in [-0.15, -0.1) is 11.3 Å². The lowest BCUT2D eigenvalue weighted by molar-refractivity contribution is 0.157. The van der Waals surface area contributed by atoms with Gasteiger partial charge in [0.05, 0.1) is 22.2 Å². The summed E-state index contributed by atoms with van der Waals surface area (Å²) < 4.78 is 0. The summed E-state index contributed by atoms with van der Waals surface area (Å²) in [7, 11) is 0. The van der Waals surface area contributed by atoms with Crippen molar-refractivity contribution in [2.75, 3.05) is 0 Å². The van der Waals surface area contributed by atoms with Crippen LogP contribution in [-0.2, 0) is 12.8 Å². The van der Waals surface area contributed by atoms with Crippen molar-refractivity contribution in [1.29, 1.82) is 0 Å². The number of aromatic nitrogens is 3. The first-order valence-electron chi connectivity index (χ1n) is 4.97. The lowest BCUT2D eigenvalue weighted by Gasteiger charge is -2.14. The maximum atomic E-state index is 9.54. The minimum Gasteiger partial charge on any atom is -0.393 e. The maximum absolute atomic E-state index is 9.54. The molecule has 3 rings (SSSR count). The van der Waals surface area contributed by atoms with Crippen molar-refractivity contribution in [3.8, 4) is 10.7 Å². The molecule has 2 heterocycles. The Hall–Kier alpha value is -1.20. The third kappa shape index (κ3) is 1.57. The van der Waals surface area contributed by atoms with Crippen molar-refractivity contribution in [2.45, 2.75) is 25.4 Å². The molecule has 0 bridgehead atoms. The van der Waals surface area contributed by atoms with Crippen LogP contribution in [0.4, 0.5) is 0 Å². The van der Waals surface area contributed by atoms with Crippen LogP contribution in [0.5, 0.6) is 0 Å². The van der Waals surface area contributed by atoms with E-state index in [1.165, 1.54) is 0 Å². The van der Waals surface area contributed by atoms with Crippen molar-refractivity contribution < 1.29 is 5.11 Å². The molecule has 1 aliphatic rings. The van der Waals surface area contributed by atoms with Crippen LogP contribution in [0.25, 0.3) is 10.7 Å². The monoisotopic (exact) mass is 221 g/mol. The predicted octanol–water partition coefficient (Wildman–Crippen LogP) is 1.38. The minimum absolute atomic E-state index is 0.215. The molecule has 1 aliphatic carbocycles. The molecule has 0 spiro atoms. The number of hydrogen-bond donors (Lipinski definition) is 2. The van der Waals surface area contributed by atoms with Crippen molar-refractivity contribution in [3.05, 3.63) is 23.1 Å². The molecule has 4 nitrogen and oxygen atoms in total. The summed E-state index contributed by atoms with van der Waals surface area (Å²) in [4.78, 5) is 12.9. The number of thiazole rings is 1. The highest BCUT2D eigenvalue weighted by Gasteiger charge is 2.20. The van der Waals surface area contributed by atoms with Gasteiger partial charge in [0.25, 0.3) is 0 Å². The van der Waals surface area contributed by atoms with Gasteiger partial charge >= 0.3 is 0 Å². The Bertz CT molecular complexity index is 463. The van der Waals surface area contributed by atoms with E-state index in [1.807, 2.05) is 6.20 Å². The number of nitrogens with one attached hydrogen (secondary N) is 1. The summed E-state index contributed by atoms with van der Waals surface area (Å²) in [6.07, 6.45) is 3.98. The molecule has 0 aromatic carbocycles. The van der Waals surface area contributed by atoms with Crippen LogP contribution >= 0.6 is 11.3 Å². The number of aliphatic hydroxyl groups is 1. The predicted molar refractivity (Wildman–Crippen MR) is 57.7 cm³/mol. The van der Waals surface area contributed by atoms with Gasteiger partial charge in [-0.1, -0.05) is 0 Å². The summed E-state index contributed by atoms with van der Waals surface area (Å²) in [5.74, 6) is 0.886. The second-order valence-corrected chi connectivity index (χ2v) is 4.66. The van der Waals surface area contributed by atoms with E-state index in [9.17, 15) is 5.11 Å². The van der Waals surface area contributed by atoms with E-state index in [4.69, 9.17) is 0 Å². The molecule has 5 heteroatoms. The fourth-order valence-electron chi connectivity index (χ4n) is 1.91. The zero-order valence-electron chi connectivity index (χ0n) is 8.10. The van der Waals surface area contributed by atoms with E-state index in [2.05, 4.69) is 15.0 Å². The summed E-state index contributed by atoms with van der Waals surface area (Å²) in [5.41, 5.74) is 3.98. The molecule has 2 N–H and O–H groups in total. The molecule has 78 valence electrons. The van der Waals surface area contributed by atoms with Crippen molar-refractivity contribution >= 4 is 11.3 Å². The second-order valence-electron chi connectivity index (χ2n) is 3.77. The Kier molecular flexibility index (Phi) is 2.07. The fourth-order valence-corrected chi connectivity index (χ4v) is 2.48. The summed E-state index contributed by atoms with van der Waals surface area (Å²) in [6, 6.07) is 0. The molecule has 15 heavy (non-hydrogen) atoms. The van der Waals surface area contributed by atoms with Gasteiger partial charge in [0.2, 0.25) is 0 Å². The van der Waals surface area contributed by atoms with Crippen LogP contribution in [-0.4, -0.2) is 26.2 Å². The first-order chi connectivity index (χ1) is 7.33. The van der Waals surface area contributed by atoms with Gasteiger partial charge in [-0.25, -0.2) is 4.98 Å². The smallest absolute Gasteiger partial charge is 0.149 e.